The number of benzene rings is 1. The molecule has 0 aliphatic carbocycles. The highest BCUT2D eigenvalue weighted by Gasteiger charge is 2.24. The smallest absolute Gasteiger partial charge is 0.244 e. The molecule has 2 N–H and O–H groups in total. The van der Waals surface area contributed by atoms with Crippen molar-refractivity contribution in [2.45, 2.75) is 31.7 Å². The van der Waals surface area contributed by atoms with Crippen molar-refractivity contribution >= 4 is 15.9 Å². The molecule has 0 aliphatic heterocycles. The third kappa shape index (κ3) is 4.57. The first-order valence-electron chi connectivity index (χ1n) is 6.28. The number of sulfonamides is 1. The van der Waals surface area contributed by atoms with E-state index in [-0.39, 0.29) is 5.92 Å². The van der Waals surface area contributed by atoms with Gasteiger partial charge in [0.1, 0.15) is 10.7 Å². The second kappa shape index (κ2) is 6.81. The van der Waals surface area contributed by atoms with Gasteiger partial charge in [0.05, 0.1) is 6.04 Å². The lowest BCUT2D eigenvalue weighted by atomic mass is 10.2. The third-order valence-corrected chi connectivity index (χ3v) is 4.11. The third-order valence-electron chi connectivity index (χ3n) is 2.54. The fraction of sp³-hybridized carbons (Fsp3) is 0.462. The van der Waals surface area contributed by atoms with Crippen LogP contribution in [-0.4, -0.2) is 26.9 Å². The molecular weight excluding hydrogens is 283 g/mol. The Kier molecular flexibility index (Phi) is 5.64. The Hall–Kier alpha value is -1.47. The molecule has 7 heteroatoms. The molecule has 1 atom stereocenters. The van der Waals surface area contributed by atoms with Crippen molar-refractivity contribution in [1.29, 1.82) is 0 Å². The molecule has 0 aliphatic rings. The molecule has 1 rings (SSSR count). The van der Waals surface area contributed by atoms with Crippen LogP contribution in [0.5, 0.6) is 0 Å². The van der Waals surface area contributed by atoms with Gasteiger partial charge in [0, 0.05) is 6.54 Å². The minimum absolute atomic E-state index is 0.259. The van der Waals surface area contributed by atoms with E-state index in [4.69, 9.17) is 0 Å². The van der Waals surface area contributed by atoms with Crippen molar-refractivity contribution < 1.29 is 17.6 Å². The first-order valence-corrected chi connectivity index (χ1v) is 7.77. The Labute approximate surface area is 118 Å². The standard InChI is InChI=1S/C13H19FN2O3S/c1-9(2)8-15-13(17)10(3)16-20(18,19)12-7-5-4-6-11(12)14/h4-7,9-10,16H,8H2,1-3H3,(H,15,17). The molecule has 20 heavy (non-hydrogen) atoms. The molecule has 0 bridgehead atoms. The number of hydrogen-bond donors (Lipinski definition) is 2. The summed E-state index contributed by atoms with van der Waals surface area (Å²) in [5, 5.41) is 2.61. The molecule has 0 aromatic heterocycles. The summed E-state index contributed by atoms with van der Waals surface area (Å²) in [5.41, 5.74) is 0. The lowest BCUT2D eigenvalue weighted by molar-refractivity contribution is -0.122. The van der Waals surface area contributed by atoms with Crippen molar-refractivity contribution in [2.75, 3.05) is 6.54 Å². The van der Waals surface area contributed by atoms with E-state index in [1.54, 1.807) is 0 Å². The zero-order valence-corrected chi connectivity index (χ0v) is 12.5. The van der Waals surface area contributed by atoms with E-state index in [0.717, 1.165) is 12.1 Å². The van der Waals surface area contributed by atoms with Gasteiger partial charge in [-0.1, -0.05) is 26.0 Å². The van der Waals surface area contributed by atoms with Crippen LogP contribution in [0.3, 0.4) is 0 Å². The van der Waals surface area contributed by atoms with E-state index in [9.17, 15) is 17.6 Å². The SMILES string of the molecule is CC(C)CNC(=O)C(C)NS(=O)(=O)c1ccccc1F. The second-order valence-electron chi connectivity index (χ2n) is 4.91. The van der Waals surface area contributed by atoms with Gasteiger partial charge >= 0.3 is 0 Å². The summed E-state index contributed by atoms with van der Waals surface area (Å²) in [6, 6.07) is 4.04. The van der Waals surface area contributed by atoms with Gasteiger partial charge in [-0.15, -0.1) is 0 Å². The summed E-state index contributed by atoms with van der Waals surface area (Å²) in [5.74, 6) is -1.04. The van der Waals surface area contributed by atoms with Crippen LogP contribution in [0, 0.1) is 11.7 Å². The molecule has 0 saturated carbocycles. The fourth-order valence-electron chi connectivity index (χ4n) is 1.47. The van der Waals surface area contributed by atoms with E-state index in [0.29, 0.717) is 6.54 Å². The van der Waals surface area contributed by atoms with Crippen molar-refractivity contribution in [1.82, 2.24) is 10.0 Å². The molecule has 1 aromatic carbocycles. The Morgan fingerprint density at radius 2 is 1.85 bits per heavy atom. The molecule has 0 fully saturated rings. The lowest BCUT2D eigenvalue weighted by Crippen LogP contribution is -2.45. The normalized spacial score (nSPS) is 13.2. The van der Waals surface area contributed by atoms with E-state index < -0.39 is 32.7 Å². The van der Waals surface area contributed by atoms with Crippen LogP contribution in [-0.2, 0) is 14.8 Å². The highest BCUT2D eigenvalue weighted by atomic mass is 32.2. The quantitative estimate of drug-likeness (QED) is 0.831. The molecule has 1 unspecified atom stereocenters. The van der Waals surface area contributed by atoms with Gasteiger partial charge < -0.3 is 5.32 Å². The van der Waals surface area contributed by atoms with Gasteiger partial charge in [-0.2, -0.15) is 4.72 Å². The maximum Gasteiger partial charge on any atom is 0.244 e. The average Bonchev–Trinajstić information content (AvgIpc) is 2.35. The molecule has 0 spiro atoms. The first-order chi connectivity index (χ1) is 9.24. The molecule has 0 saturated heterocycles. The van der Waals surface area contributed by atoms with Crippen LogP contribution in [0.4, 0.5) is 4.39 Å². The first kappa shape index (κ1) is 16.6. The summed E-state index contributed by atoms with van der Waals surface area (Å²) < 4.78 is 39.6. The predicted molar refractivity (Wildman–Crippen MR) is 74.0 cm³/mol. The van der Waals surface area contributed by atoms with Crippen LogP contribution in [0.2, 0.25) is 0 Å². The van der Waals surface area contributed by atoms with Crippen LogP contribution in [0.15, 0.2) is 29.2 Å². The van der Waals surface area contributed by atoms with Crippen molar-refractivity contribution in [3.8, 4) is 0 Å². The molecule has 112 valence electrons. The number of hydrogen-bond acceptors (Lipinski definition) is 3. The predicted octanol–water partition coefficient (Wildman–Crippen LogP) is 1.26. The Bertz CT molecular complexity index is 573. The summed E-state index contributed by atoms with van der Waals surface area (Å²) in [6.45, 7) is 5.71. The van der Waals surface area contributed by atoms with E-state index in [2.05, 4.69) is 10.0 Å². The van der Waals surface area contributed by atoms with E-state index in [1.807, 2.05) is 13.8 Å². The minimum Gasteiger partial charge on any atom is -0.354 e. The summed E-state index contributed by atoms with van der Waals surface area (Å²) in [4.78, 5) is 11.2. The Morgan fingerprint density at radius 3 is 2.40 bits per heavy atom. The Balaban J connectivity index is 2.77. The van der Waals surface area contributed by atoms with Gasteiger partial charge in [-0.05, 0) is 25.0 Å². The molecule has 1 amide bonds. The van der Waals surface area contributed by atoms with Gasteiger partial charge in [0.2, 0.25) is 15.9 Å². The van der Waals surface area contributed by atoms with Gasteiger partial charge in [-0.3, -0.25) is 4.79 Å². The highest BCUT2D eigenvalue weighted by Crippen LogP contribution is 2.13. The highest BCUT2D eigenvalue weighted by molar-refractivity contribution is 7.89. The van der Waals surface area contributed by atoms with Crippen LogP contribution < -0.4 is 10.0 Å². The monoisotopic (exact) mass is 302 g/mol. The molecule has 1 aromatic rings. The zero-order valence-electron chi connectivity index (χ0n) is 11.7. The maximum atomic E-state index is 13.5. The number of rotatable bonds is 6. The van der Waals surface area contributed by atoms with Crippen LogP contribution >= 0.6 is 0 Å². The lowest BCUT2D eigenvalue weighted by Gasteiger charge is -2.15. The van der Waals surface area contributed by atoms with E-state index in [1.165, 1.54) is 19.1 Å². The number of carbonyl (C=O) groups is 1. The minimum atomic E-state index is -4.06. The van der Waals surface area contributed by atoms with E-state index >= 15 is 0 Å². The summed E-state index contributed by atoms with van der Waals surface area (Å²) in [7, 11) is -4.06. The number of amides is 1. The van der Waals surface area contributed by atoms with Gasteiger partial charge in [-0.25, -0.2) is 12.8 Å². The van der Waals surface area contributed by atoms with Crippen LogP contribution in [0.25, 0.3) is 0 Å². The van der Waals surface area contributed by atoms with Gasteiger partial charge in [0.25, 0.3) is 0 Å². The van der Waals surface area contributed by atoms with Gasteiger partial charge in [0.15, 0.2) is 0 Å². The van der Waals surface area contributed by atoms with Crippen molar-refractivity contribution in [3.63, 3.8) is 0 Å². The number of nitrogens with one attached hydrogen (secondary N) is 2. The van der Waals surface area contributed by atoms with Crippen molar-refractivity contribution in [3.05, 3.63) is 30.1 Å². The topological polar surface area (TPSA) is 75.3 Å². The number of halogens is 1. The molecular formula is C13H19FN2O3S. The average molecular weight is 302 g/mol. The van der Waals surface area contributed by atoms with Crippen molar-refractivity contribution in [2.24, 2.45) is 5.92 Å². The number of carbonyl (C=O) groups excluding carboxylic acids is 1. The largest absolute Gasteiger partial charge is 0.354 e. The second-order valence-corrected chi connectivity index (χ2v) is 6.59. The zero-order chi connectivity index (χ0) is 15.3. The molecule has 5 nitrogen and oxygen atoms in total. The molecule has 0 radical (unpaired) electrons. The maximum absolute atomic E-state index is 13.5. The summed E-state index contributed by atoms with van der Waals surface area (Å²) in [6.07, 6.45) is 0. The molecule has 0 heterocycles. The van der Waals surface area contributed by atoms with Crippen LogP contribution in [0.1, 0.15) is 20.8 Å². The fourth-order valence-corrected chi connectivity index (χ4v) is 2.75. The Morgan fingerprint density at radius 1 is 1.25 bits per heavy atom. The summed E-state index contributed by atoms with van der Waals surface area (Å²) >= 11 is 0.